The molecular weight excluding hydrogens is 260 g/mol. The summed E-state index contributed by atoms with van der Waals surface area (Å²) in [5.41, 5.74) is 3.48. The number of hydrogen-bond acceptors (Lipinski definition) is 3. The normalized spacial score (nSPS) is 12.8. The number of nitrogens with zero attached hydrogens (tertiary/aromatic N) is 3. The van der Waals surface area contributed by atoms with Gasteiger partial charge >= 0.3 is 0 Å². The minimum absolute atomic E-state index is 0.294. The Morgan fingerprint density at radius 2 is 2.10 bits per heavy atom. The zero-order chi connectivity index (χ0) is 15.2. The molecule has 1 unspecified atom stereocenters. The summed E-state index contributed by atoms with van der Waals surface area (Å²) >= 11 is 0. The molecule has 2 rings (SSSR count). The van der Waals surface area contributed by atoms with Crippen molar-refractivity contribution in [2.45, 2.75) is 52.6 Å². The highest BCUT2D eigenvalue weighted by Gasteiger charge is 2.14. The van der Waals surface area contributed by atoms with Gasteiger partial charge in [-0.3, -0.25) is 9.67 Å². The molecule has 114 valence electrons. The number of pyridine rings is 1. The first kappa shape index (κ1) is 15.7. The van der Waals surface area contributed by atoms with Gasteiger partial charge in [0, 0.05) is 36.6 Å². The maximum Gasteiger partial charge on any atom is 0.0643 e. The van der Waals surface area contributed by atoms with Gasteiger partial charge in [-0.15, -0.1) is 0 Å². The van der Waals surface area contributed by atoms with Gasteiger partial charge in [0.2, 0.25) is 0 Å². The van der Waals surface area contributed by atoms with Crippen molar-refractivity contribution in [2.75, 3.05) is 6.54 Å². The molecule has 0 saturated heterocycles. The van der Waals surface area contributed by atoms with E-state index in [1.54, 1.807) is 0 Å². The molecule has 0 bridgehead atoms. The average molecular weight is 286 g/mol. The van der Waals surface area contributed by atoms with E-state index in [9.17, 15) is 0 Å². The molecule has 2 aromatic heterocycles. The predicted molar refractivity (Wildman–Crippen MR) is 86.3 cm³/mol. The molecule has 2 aromatic rings. The zero-order valence-corrected chi connectivity index (χ0v) is 13.5. The van der Waals surface area contributed by atoms with Crippen LogP contribution in [0.4, 0.5) is 0 Å². The van der Waals surface area contributed by atoms with Crippen molar-refractivity contribution in [1.82, 2.24) is 20.1 Å². The lowest BCUT2D eigenvalue weighted by Crippen LogP contribution is -2.24. The fourth-order valence-electron chi connectivity index (χ4n) is 2.39. The molecule has 0 saturated carbocycles. The van der Waals surface area contributed by atoms with E-state index < -0.39 is 0 Å². The monoisotopic (exact) mass is 286 g/mol. The van der Waals surface area contributed by atoms with Crippen molar-refractivity contribution < 1.29 is 0 Å². The molecule has 0 amide bonds. The Balaban J connectivity index is 2.15. The van der Waals surface area contributed by atoms with Crippen molar-refractivity contribution in [3.8, 4) is 0 Å². The van der Waals surface area contributed by atoms with Crippen LogP contribution in [0.1, 0.15) is 56.2 Å². The van der Waals surface area contributed by atoms with E-state index in [0.29, 0.717) is 12.1 Å². The van der Waals surface area contributed by atoms with Gasteiger partial charge in [-0.05, 0) is 57.5 Å². The smallest absolute Gasteiger partial charge is 0.0643 e. The molecule has 1 atom stereocenters. The van der Waals surface area contributed by atoms with Crippen LogP contribution in [0.5, 0.6) is 0 Å². The van der Waals surface area contributed by atoms with E-state index in [2.05, 4.69) is 60.6 Å². The van der Waals surface area contributed by atoms with Gasteiger partial charge in [-0.1, -0.05) is 6.92 Å². The second-order valence-corrected chi connectivity index (χ2v) is 5.82. The maximum absolute atomic E-state index is 4.67. The molecule has 0 aromatic carbocycles. The summed E-state index contributed by atoms with van der Waals surface area (Å²) in [7, 11) is 0. The Morgan fingerprint density at radius 1 is 1.29 bits per heavy atom. The van der Waals surface area contributed by atoms with E-state index >= 15 is 0 Å². The highest BCUT2D eigenvalue weighted by molar-refractivity contribution is 5.21. The van der Waals surface area contributed by atoms with Crippen LogP contribution >= 0.6 is 0 Å². The summed E-state index contributed by atoms with van der Waals surface area (Å²) in [6, 6.07) is 7.08. The van der Waals surface area contributed by atoms with Gasteiger partial charge in [0.15, 0.2) is 0 Å². The van der Waals surface area contributed by atoms with Gasteiger partial charge in [0.05, 0.1) is 5.69 Å². The number of aryl methyl sites for hydroxylation is 1. The number of aromatic nitrogens is 3. The first-order chi connectivity index (χ1) is 10.1. The van der Waals surface area contributed by atoms with Gasteiger partial charge in [0.25, 0.3) is 0 Å². The van der Waals surface area contributed by atoms with Crippen LogP contribution in [0, 0.1) is 6.92 Å². The molecule has 4 nitrogen and oxygen atoms in total. The lowest BCUT2D eigenvalue weighted by Gasteiger charge is -2.18. The molecule has 0 aliphatic heterocycles. The van der Waals surface area contributed by atoms with Crippen LogP contribution in [0.2, 0.25) is 0 Å². The zero-order valence-electron chi connectivity index (χ0n) is 13.5. The van der Waals surface area contributed by atoms with E-state index in [-0.39, 0.29) is 0 Å². The molecule has 0 radical (unpaired) electrons. The standard InChI is InChI=1S/C17H26N4/c1-5-8-19-17(15-6-9-18-14(4)11-15)12-16-7-10-21(20-16)13(2)3/h6-7,9-11,13,17,19H,5,8,12H2,1-4H3. The third-order valence-corrected chi connectivity index (χ3v) is 3.57. The maximum atomic E-state index is 4.67. The topological polar surface area (TPSA) is 42.7 Å². The third kappa shape index (κ3) is 4.39. The Hall–Kier alpha value is -1.68. The van der Waals surface area contributed by atoms with E-state index in [0.717, 1.165) is 30.8 Å². The van der Waals surface area contributed by atoms with Gasteiger partial charge in [0.1, 0.15) is 0 Å². The lowest BCUT2D eigenvalue weighted by molar-refractivity contribution is 0.499. The van der Waals surface area contributed by atoms with Crippen LogP contribution in [0.3, 0.4) is 0 Å². The number of hydrogen-bond donors (Lipinski definition) is 1. The summed E-state index contributed by atoms with van der Waals surface area (Å²) in [6.45, 7) is 9.53. The third-order valence-electron chi connectivity index (χ3n) is 3.57. The number of nitrogens with one attached hydrogen (secondary N) is 1. The molecule has 0 aliphatic carbocycles. The Morgan fingerprint density at radius 3 is 2.71 bits per heavy atom. The van der Waals surface area contributed by atoms with Gasteiger partial charge in [-0.25, -0.2) is 0 Å². The molecule has 21 heavy (non-hydrogen) atoms. The first-order valence-electron chi connectivity index (χ1n) is 7.80. The Kier molecular flexibility index (Phi) is 5.51. The van der Waals surface area contributed by atoms with Crippen molar-refractivity contribution >= 4 is 0 Å². The number of rotatable bonds is 7. The van der Waals surface area contributed by atoms with E-state index in [1.807, 2.05) is 17.8 Å². The van der Waals surface area contributed by atoms with E-state index in [1.165, 1.54) is 5.56 Å². The predicted octanol–water partition coefficient (Wildman–Crippen LogP) is 3.45. The highest BCUT2D eigenvalue weighted by atomic mass is 15.3. The minimum atomic E-state index is 0.294. The molecule has 4 heteroatoms. The van der Waals surface area contributed by atoms with Crippen molar-refractivity contribution in [3.05, 3.63) is 47.5 Å². The average Bonchev–Trinajstić information content (AvgIpc) is 2.92. The molecular formula is C17H26N4. The summed E-state index contributed by atoms with van der Waals surface area (Å²) in [4.78, 5) is 4.29. The summed E-state index contributed by atoms with van der Waals surface area (Å²) < 4.78 is 2.02. The van der Waals surface area contributed by atoms with Crippen LogP contribution in [-0.4, -0.2) is 21.3 Å². The van der Waals surface area contributed by atoms with Crippen LogP contribution in [-0.2, 0) is 6.42 Å². The summed E-state index contributed by atoms with van der Waals surface area (Å²) in [5.74, 6) is 0. The molecule has 2 heterocycles. The quantitative estimate of drug-likeness (QED) is 0.847. The largest absolute Gasteiger partial charge is 0.310 e. The van der Waals surface area contributed by atoms with Gasteiger partial charge < -0.3 is 5.32 Å². The van der Waals surface area contributed by atoms with Gasteiger partial charge in [-0.2, -0.15) is 5.10 Å². The minimum Gasteiger partial charge on any atom is -0.310 e. The SMILES string of the molecule is CCCNC(Cc1ccn(C(C)C)n1)c1ccnc(C)c1. The second kappa shape index (κ2) is 7.36. The Labute approximate surface area is 127 Å². The van der Waals surface area contributed by atoms with Crippen LogP contribution in [0.25, 0.3) is 0 Å². The van der Waals surface area contributed by atoms with Crippen molar-refractivity contribution in [1.29, 1.82) is 0 Å². The molecule has 1 N–H and O–H groups in total. The second-order valence-electron chi connectivity index (χ2n) is 5.82. The van der Waals surface area contributed by atoms with Crippen molar-refractivity contribution in [3.63, 3.8) is 0 Å². The highest BCUT2D eigenvalue weighted by Crippen LogP contribution is 2.18. The molecule has 0 fully saturated rings. The Bertz CT molecular complexity index is 559. The van der Waals surface area contributed by atoms with Crippen LogP contribution < -0.4 is 5.32 Å². The summed E-state index contributed by atoms with van der Waals surface area (Å²) in [5, 5.41) is 8.29. The molecule has 0 spiro atoms. The first-order valence-corrected chi connectivity index (χ1v) is 7.80. The summed E-state index contributed by atoms with van der Waals surface area (Å²) in [6.07, 6.45) is 5.98. The van der Waals surface area contributed by atoms with Crippen molar-refractivity contribution in [2.24, 2.45) is 0 Å². The fraction of sp³-hybridized carbons (Fsp3) is 0.529. The molecule has 0 aliphatic rings. The van der Waals surface area contributed by atoms with E-state index in [4.69, 9.17) is 0 Å². The fourth-order valence-corrected chi connectivity index (χ4v) is 2.39. The lowest BCUT2D eigenvalue weighted by atomic mass is 10.0. The van der Waals surface area contributed by atoms with Crippen LogP contribution in [0.15, 0.2) is 30.6 Å².